The van der Waals surface area contributed by atoms with Crippen LogP contribution in [0.15, 0.2) is 24.3 Å². The van der Waals surface area contributed by atoms with Crippen molar-refractivity contribution in [3.05, 3.63) is 34.9 Å². The summed E-state index contributed by atoms with van der Waals surface area (Å²) in [7, 11) is 0. The number of benzene rings is 1. The molecule has 110 valence electrons. The molecule has 1 aliphatic heterocycles. The maximum atomic E-state index is 12.6. The van der Waals surface area contributed by atoms with Crippen molar-refractivity contribution in [1.29, 1.82) is 0 Å². The van der Waals surface area contributed by atoms with Crippen LogP contribution >= 0.6 is 11.6 Å². The van der Waals surface area contributed by atoms with Crippen molar-refractivity contribution in [2.45, 2.75) is 39.2 Å². The molecule has 1 heterocycles. The van der Waals surface area contributed by atoms with E-state index < -0.39 is 0 Å². The predicted molar refractivity (Wildman–Crippen MR) is 82.7 cm³/mol. The zero-order chi connectivity index (χ0) is 14.4. The molecule has 1 saturated heterocycles. The molecule has 0 unspecified atom stereocenters. The van der Waals surface area contributed by atoms with Crippen LogP contribution in [-0.2, 0) is 11.3 Å². The molecule has 0 aliphatic carbocycles. The number of hydrogen-bond donors (Lipinski definition) is 2. The molecule has 4 heteroatoms. The van der Waals surface area contributed by atoms with Gasteiger partial charge >= 0.3 is 0 Å². The van der Waals surface area contributed by atoms with Gasteiger partial charge in [-0.3, -0.25) is 4.79 Å². The lowest BCUT2D eigenvalue weighted by Crippen LogP contribution is -2.47. The van der Waals surface area contributed by atoms with Crippen LogP contribution in [-0.4, -0.2) is 19.0 Å². The molecule has 1 aromatic carbocycles. The van der Waals surface area contributed by atoms with Crippen molar-refractivity contribution in [3.8, 4) is 0 Å². The summed E-state index contributed by atoms with van der Waals surface area (Å²) in [4.78, 5) is 12.6. The number of halogens is 1. The Hall–Kier alpha value is -1.06. The van der Waals surface area contributed by atoms with Gasteiger partial charge in [-0.2, -0.15) is 0 Å². The Labute approximate surface area is 126 Å². The lowest BCUT2D eigenvalue weighted by molar-refractivity contribution is -0.133. The minimum absolute atomic E-state index is 0.182. The Balaban J connectivity index is 1.98. The van der Waals surface area contributed by atoms with E-state index in [1.165, 1.54) is 0 Å². The molecule has 0 radical (unpaired) electrons. The summed E-state index contributed by atoms with van der Waals surface area (Å²) in [6.07, 6.45) is 3.88. The molecular weight excluding hydrogens is 272 g/mol. The van der Waals surface area contributed by atoms with E-state index in [0.29, 0.717) is 11.6 Å². The van der Waals surface area contributed by atoms with Crippen molar-refractivity contribution < 1.29 is 4.79 Å². The minimum Gasteiger partial charge on any atom is -0.352 e. The number of carbonyl (C=O) groups excluding carboxylic acids is 1. The number of hydrogen-bond acceptors (Lipinski definition) is 2. The first-order valence-corrected chi connectivity index (χ1v) is 7.77. The molecule has 1 aliphatic rings. The third kappa shape index (κ3) is 3.74. The molecule has 0 bridgehead atoms. The Kier molecular flexibility index (Phi) is 5.44. The molecule has 3 nitrogen and oxygen atoms in total. The van der Waals surface area contributed by atoms with E-state index >= 15 is 0 Å². The van der Waals surface area contributed by atoms with E-state index in [4.69, 9.17) is 11.6 Å². The maximum absolute atomic E-state index is 12.6. The van der Waals surface area contributed by atoms with E-state index in [1.807, 2.05) is 24.3 Å². The third-order valence-corrected chi connectivity index (χ3v) is 4.35. The summed E-state index contributed by atoms with van der Waals surface area (Å²) in [6, 6.07) is 7.65. The second-order valence-corrected chi connectivity index (χ2v) is 6.03. The lowest BCUT2D eigenvalue weighted by Gasteiger charge is -2.36. The van der Waals surface area contributed by atoms with Gasteiger partial charge in [-0.1, -0.05) is 37.1 Å². The molecule has 20 heavy (non-hydrogen) atoms. The highest BCUT2D eigenvalue weighted by molar-refractivity contribution is 6.30. The summed E-state index contributed by atoms with van der Waals surface area (Å²) in [5.74, 6) is 0.195. The van der Waals surface area contributed by atoms with Gasteiger partial charge in [-0.15, -0.1) is 0 Å². The van der Waals surface area contributed by atoms with Gasteiger partial charge in [0.25, 0.3) is 0 Å². The number of rotatable bonds is 5. The molecule has 1 aromatic rings. The van der Waals surface area contributed by atoms with E-state index in [0.717, 1.165) is 44.3 Å². The van der Waals surface area contributed by atoms with Crippen molar-refractivity contribution >= 4 is 17.5 Å². The maximum Gasteiger partial charge on any atom is 0.226 e. The average molecular weight is 295 g/mol. The van der Waals surface area contributed by atoms with Crippen LogP contribution in [0.4, 0.5) is 0 Å². The van der Waals surface area contributed by atoms with Crippen molar-refractivity contribution in [2.75, 3.05) is 13.1 Å². The van der Waals surface area contributed by atoms with Crippen molar-refractivity contribution in [3.63, 3.8) is 0 Å². The molecule has 0 atom stereocenters. The highest BCUT2D eigenvalue weighted by Gasteiger charge is 2.38. The van der Waals surface area contributed by atoms with Gasteiger partial charge in [-0.05, 0) is 50.0 Å². The second kappa shape index (κ2) is 7.09. The van der Waals surface area contributed by atoms with Gasteiger partial charge in [-0.25, -0.2) is 0 Å². The zero-order valence-corrected chi connectivity index (χ0v) is 12.8. The Morgan fingerprint density at radius 3 is 2.80 bits per heavy atom. The fraction of sp³-hybridized carbons (Fsp3) is 0.562. The SMILES string of the molecule is CCCC1(C(=O)NCc2cccc(Cl)c2)CCNCC1. The summed E-state index contributed by atoms with van der Waals surface area (Å²) in [6.45, 7) is 4.57. The average Bonchev–Trinajstić information content (AvgIpc) is 2.46. The van der Waals surface area contributed by atoms with Gasteiger partial charge in [0, 0.05) is 11.6 Å². The fourth-order valence-corrected chi connectivity index (χ4v) is 3.20. The first-order chi connectivity index (χ1) is 9.66. The normalized spacial score (nSPS) is 17.7. The highest BCUT2D eigenvalue weighted by atomic mass is 35.5. The molecule has 0 saturated carbocycles. The van der Waals surface area contributed by atoms with Crippen LogP contribution < -0.4 is 10.6 Å². The number of carbonyl (C=O) groups is 1. The summed E-state index contributed by atoms with van der Waals surface area (Å²) >= 11 is 5.96. The van der Waals surface area contributed by atoms with Gasteiger partial charge in [0.2, 0.25) is 5.91 Å². The molecule has 2 N–H and O–H groups in total. The lowest BCUT2D eigenvalue weighted by atomic mass is 9.74. The predicted octanol–water partition coefficient (Wildman–Crippen LogP) is 3.13. The van der Waals surface area contributed by atoms with E-state index in [-0.39, 0.29) is 11.3 Å². The van der Waals surface area contributed by atoms with Crippen LogP contribution in [0.5, 0.6) is 0 Å². The van der Waals surface area contributed by atoms with Crippen LogP contribution in [0.1, 0.15) is 38.2 Å². The van der Waals surface area contributed by atoms with E-state index in [2.05, 4.69) is 17.6 Å². The number of nitrogens with one attached hydrogen (secondary N) is 2. The highest BCUT2D eigenvalue weighted by Crippen LogP contribution is 2.34. The monoisotopic (exact) mass is 294 g/mol. The largest absolute Gasteiger partial charge is 0.352 e. The Morgan fingerprint density at radius 1 is 1.40 bits per heavy atom. The van der Waals surface area contributed by atoms with Gasteiger partial charge in [0.15, 0.2) is 0 Å². The molecule has 1 amide bonds. The topological polar surface area (TPSA) is 41.1 Å². The molecule has 2 rings (SSSR count). The molecule has 1 fully saturated rings. The Morgan fingerprint density at radius 2 is 2.15 bits per heavy atom. The van der Waals surface area contributed by atoms with Crippen molar-refractivity contribution in [1.82, 2.24) is 10.6 Å². The van der Waals surface area contributed by atoms with Gasteiger partial charge in [0.1, 0.15) is 0 Å². The summed E-state index contributed by atoms with van der Waals surface area (Å²) in [5, 5.41) is 7.14. The van der Waals surface area contributed by atoms with E-state index in [9.17, 15) is 4.79 Å². The van der Waals surface area contributed by atoms with Crippen LogP contribution in [0, 0.1) is 5.41 Å². The number of piperidine rings is 1. The minimum atomic E-state index is -0.182. The molecule has 0 aromatic heterocycles. The van der Waals surface area contributed by atoms with Gasteiger partial charge < -0.3 is 10.6 Å². The van der Waals surface area contributed by atoms with Crippen LogP contribution in [0.25, 0.3) is 0 Å². The summed E-state index contributed by atoms with van der Waals surface area (Å²) < 4.78 is 0. The number of amides is 1. The van der Waals surface area contributed by atoms with Gasteiger partial charge in [0.05, 0.1) is 5.41 Å². The molecule has 0 spiro atoms. The Bertz CT molecular complexity index is 450. The quantitative estimate of drug-likeness (QED) is 0.876. The standard InChI is InChI=1S/C16H23ClN2O/c1-2-6-16(7-9-18-10-8-16)15(20)19-12-13-4-3-5-14(17)11-13/h3-5,11,18H,2,6-10,12H2,1H3,(H,19,20). The molecular formula is C16H23ClN2O. The first kappa shape index (κ1) is 15.3. The first-order valence-electron chi connectivity index (χ1n) is 7.40. The third-order valence-electron chi connectivity index (χ3n) is 4.11. The van der Waals surface area contributed by atoms with Crippen LogP contribution in [0.3, 0.4) is 0 Å². The van der Waals surface area contributed by atoms with Crippen LogP contribution in [0.2, 0.25) is 5.02 Å². The summed E-state index contributed by atoms with van der Waals surface area (Å²) in [5.41, 5.74) is 0.866. The smallest absolute Gasteiger partial charge is 0.226 e. The van der Waals surface area contributed by atoms with E-state index in [1.54, 1.807) is 0 Å². The fourth-order valence-electron chi connectivity index (χ4n) is 2.99. The second-order valence-electron chi connectivity index (χ2n) is 5.59. The zero-order valence-electron chi connectivity index (χ0n) is 12.0. The van der Waals surface area contributed by atoms with Crippen molar-refractivity contribution in [2.24, 2.45) is 5.41 Å².